The summed E-state index contributed by atoms with van der Waals surface area (Å²) in [6, 6.07) is 0. The predicted octanol–water partition coefficient (Wildman–Crippen LogP) is -0.284. The topological polar surface area (TPSA) is 46.2 Å². The van der Waals surface area contributed by atoms with Crippen molar-refractivity contribution in [3.05, 3.63) is 0 Å². The van der Waals surface area contributed by atoms with E-state index in [9.17, 15) is 0 Å². The second kappa shape index (κ2) is 1.80. The second-order valence-corrected chi connectivity index (χ2v) is 2.14. The van der Waals surface area contributed by atoms with Crippen molar-refractivity contribution in [2.45, 2.75) is 18.9 Å². The fraction of sp³-hybridized carbons (Fsp3) is 1.00. The Morgan fingerprint density at radius 1 is 1.57 bits per heavy atom. The standard InChI is InChI=1S/C5H11NO/c6-3-4-1-2-5(4)7/h4-5,7H,1-3,6H2/t4-,5+/m1/s1. The van der Waals surface area contributed by atoms with Gasteiger partial charge in [-0.25, -0.2) is 0 Å². The van der Waals surface area contributed by atoms with E-state index < -0.39 is 0 Å². The van der Waals surface area contributed by atoms with Crippen LogP contribution >= 0.6 is 0 Å². The van der Waals surface area contributed by atoms with Gasteiger partial charge in [-0.05, 0) is 25.3 Å². The molecule has 1 saturated carbocycles. The number of hydrogen-bond acceptors (Lipinski definition) is 2. The van der Waals surface area contributed by atoms with Gasteiger partial charge in [-0.15, -0.1) is 0 Å². The van der Waals surface area contributed by atoms with Gasteiger partial charge in [0.15, 0.2) is 0 Å². The number of rotatable bonds is 1. The van der Waals surface area contributed by atoms with E-state index in [0.717, 1.165) is 12.8 Å². The molecule has 0 saturated heterocycles. The van der Waals surface area contributed by atoms with Crippen molar-refractivity contribution >= 4 is 0 Å². The summed E-state index contributed by atoms with van der Waals surface area (Å²) in [5, 5.41) is 8.83. The van der Waals surface area contributed by atoms with Gasteiger partial charge in [-0.2, -0.15) is 0 Å². The number of hydrogen-bond donors (Lipinski definition) is 2. The van der Waals surface area contributed by atoms with Crippen LogP contribution in [0.4, 0.5) is 0 Å². The fourth-order valence-corrected chi connectivity index (χ4v) is 0.826. The molecule has 1 rings (SSSR count). The van der Waals surface area contributed by atoms with Gasteiger partial charge in [0.1, 0.15) is 0 Å². The van der Waals surface area contributed by atoms with Gasteiger partial charge in [0.25, 0.3) is 0 Å². The third-order valence-corrected chi connectivity index (χ3v) is 1.68. The molecule has 0 unspecified atom stereocenters. The lowest BCUT2D eigenvalue weighted by atomic mass is 9.82. The number of aliphatic hydroxyl groups is 1. The molecule has 0 amide bonds. The first kappa shape index (κ1) is 5.06. The first-order valence-corrected chi connectivity index (χ1v) is 2.72. The quantitative estimate of drug-likeness (QED) is 0.477. The van der Waals surface area contributed by atoms with Crippen molar-refractivity contribution in [1.29, 1.82) is 0 Å². The van der Waals surface area contributed by atoms with Gasteiger partial charge < -0.3 is 10.8 Å². The largest absolute Gasteiger partial charge is 0.393 e. The van der Waals surface area contributed by atoms with Gasteiger partial charge in [-0.3, -0.25) is 0 Å². The lowest BCUT2D eigenvalue weighted by Gasteiger charge is -2.30. The summed E-state index contributed by atoms with van der Waals surface area (Å²) in [6.45, 7) is 0.654. The summed E-state index contributed by atoms with van der Waals surface area (Å²) < 4.78 is 0. The van der Waals surface area contributed by atoms with Gasteiger partial charge in [-0.1, -0.05) is 0 Å². The fourth-order valence-electron chi connectivity index (χ4n) is 0.826. The normalized spacial score (nSPS) is 40.3. The Balaban J connectivity index is 2.16. The Kier molecular flexibility index (Phi) is 1.30. The summed E-state index contributed by atoms with van der Waals surface area (Å²) in [5.41, 5.74) is 5.26. The minimum atomic E-state index is -0.0787. The van der Waals surface area contributed by atoms with Crippen LogP contribution in [0.5, 0.6) is 0 Å². The van der Waals surface area contributed by atoms with Crippen LogP contribution in [0.15, 0.2) is 0 Å². The van der Waals surface area contributed by atoms with Crippen LogP contribution < -0.4 is 5.73 Å². The lowest BCUT2D eigenvalue weighted by Crippen LogP contribution is -2.36. The highest BCUT2D eigenvalue weighted by Gasteiger charge is 2.26. The molecule has 0 heterocycles. The number of aliphatic hydroxyl groups excluding tert-OH is 1. The smallest absolute Gasteiger partial charge is 0.0580 e. The maximum atomic E-state index is 8.83. The molecule has 1 aliphatic rings. The first-order valence-electron chi connectivity index (χ1n) is 2.72. The van der Waals surface area contributed by atoms with Crippen molar-refractivity contribution in [2.75, 3.05) is 6.54 Å². The SMILES string of the molecule is NC[C@H]1CC[C@@H]1O. The van der Waals surface area contributed by atoms with Crippen molar-refractivity contribution in [2.24, 2.45) is 11.7 Å². The molecule has 0 aromatic rings. The zero-order valence-electron chi connectivity index (χ0n) is 4.30. The van der Waals surface area contributed by atoms with E-state index in [1.54, 1.807) is 0 Å². The zero-order valence-corrected chi connectivity index (χ0v) is 4.30. The summed E-state index contributed by atoms with van der Waals surface area (Å²) in [5.74, 6) is 0.417. The molecular formula is C5H11NO. The van der Waals surface area contributed by atoms with E-state index in [1.807, 2.05) is 0 Å². The van der Waals surface area contributed by atoms with Crippen LogP contribution in [0.1, 0.15) is 12.8 Å². The third-order valence-electron chi connectivity index (χ3n) is 1.68. The third kappa shape index (κ3) is 0.763. The van der Waals surface area contributed by atoms with E-state index in [0.29, 0.717) is 12.5 Å². The van der Waals surface area contributed by atoms with Crippen LogP contribution in [0.3, 0.4) is 0 Å². The zero-order chi connectivity index (χ0) is 5.28. The maximum Gasteiger partial charge on any atom is 0.0580 e. The molecular weight excluding hydrogens is 90.1 g/mol. The highest BCUT2D eigenvalue weighted by Crippen LogP contribution is 2.25. The molecule has 0 spiro atoms. The van der Waals surface area contributed by atoms with Gasteiger partial charge in [0.2, 0.25) is 0 Å². The molecule has 1 fully saturated rings. The summed E-state index contributed by atoms with van der Waals surface area (Å²) >= 11 is 0. The molecule has 2 nitrogen and oxygen atoms in total. The van der Waals surface area contributed by atoms with E-state index in [2.05, 4.69) is 0 Å². The molecule has 0 aromatic heterocycles. The molecule has 2 atom stereocenters. The molecule has 7 heavy (non-hydrogen) atoms. The van der Waals surface area contributed by atoms with Gasteiger partial charge in [0.05, 0.1) is 6.10 Å². The molecule has 0 aliphatic heterocycles. The predicted molar refractivity (Wildman–Crippen MR) is 27.8 cm³/mol. The Morgan fingerprint density at radius 3 is 2.29 bits per heavy atom. The van der Waals surface area contributed by atoms with Crippen LogP contribution in [-0.2, 0) is 0 Å². The Hall–Kier alpha value is -0.0800. The van der Waals surface area contributed by atoms with Gasteiger partial charge in [0, 0.05) is 0 Å². The van der Waals surface area contributed by atoms with Crippen LogP contribution in [0.2, 0.25) is 0 Å². The van der Waals surface area contributed by atoms with E-state index in [-0.39, 0.29) is 6.10 Å². The minimum Gasteiger partial charge on any atom is -0.393 e. The van der Waals surface area contributed by atoms with Gasteiger partial charge >= 0.3 is 0 Å². The van der Waals surface area contributed by atoms with E-state index >= 15 is 0 Å². The maximum absolute atomic E-state index is 8.83. The Labute approximate surface area is 43.3 Å². The molecule has 1 aliphatic carbocycles. The number of nitrogens with two attached hydrogens (primary N) is 1. The molecule has 0 radical (unpaired) electrons. The van der Waals surface area contributed by atoms with Crippen molar-refractivity contribution in [3.63, 3.8) is 0 Å². The minimum absolute atomic E-state index is 0.0787. The summed E-state index contributed by atoms with van der Waals surface area (Å²) in [4.78, 5) is 0. The van der Waals surface area contributed by atoms with Crippen molar-refractivity contribution in [3.8, 4) is 0 Å². The second-order valence-electron chi connectivity index (χ2n) is 2.14. The molecule has 0 aromatic carbocycles. The van der Waals surface area contributed by atoms with Crippen molar-refractivity contribution in [1.82, 2.24) is 0 Å². The average molecular weight is 101 g/mol. The monoisotopic (exact) mass is 101 g/mol. The summed E-state index contributed by atoms with van der Waals surface area (Å²) in [7, 11) is 0. The highest BCUT2D eigenvalue weighted by atomic mass is 16.3. The highest BCUT2D eigenvalue weighted by molar-refractivity contribution is 4.79. The Bertz CT molecular complexity index is 63.1. The first-order chi connectivity index (χ1) is 3.34. The van der Waals surface area contributed by atoms with Crippen LogP contribution in [0.25, 0.3) is 0 Å². The molecule has 0 bridgehead atoms. The average Bonchev–Trinajstić information content (AvgIpc) is 1.65. The van der Waals surface area contributed by atoms with Crippen molar-refractivity contribution < 1.29 is 5.11 Å². The van der Waals surface area contributed by atoms with Crippen LogP contribution in [0, 0.1) is 5.92 Å². The molecule has 42 valence electrons. The van der Waals surface area contributed by atoms with Crippen LogP contribution in [-0.4, -0.2) is 17.8 Å². The van der Waals surface area contributed by atoms with E-state index in [1.165, 1.54) is 0 Å². The molecule has 3 N–H and O–H groups in total. The van der Waals surface area contributed by atoms with E-state index in [4.69, 9.17) is 10.8 Å². The summed E-state index contributed by atoms with van der Waals surface area (Å²) in [6.07, 6.45) is 2.00. The lowest BCUT2D eigenvalue weighted by molar-refractivity contribution is 0.0292. The Morgan fingerprint density at radius 2 is 2.29 bits per heavy atom. The molecule has 2 heteroatoms.